The van der Waals surface area contributed by atoms with Gasteiger partial charge in [-0.3, -0.25) is 9.97 Å². The summed E-state index contributed by atoms with van der Waals surface area (Å²) in [6.45, 7) is 5.56. The minimum absolute atomic E-state index is 0.347. The number of halogens is 2. The highest BCUT2D eigenvalue weighted by molar-refractivity contribution is 7.85. The Labute approximate surface area is 142 Å². The van der Waals surface area contributed by atoms with E-state index in [0.29, 0.717) is 26.9 Å². The summed E-state index contributed by atoms with van der Waals surface area (Å²) in [4.78, 5) is 8.21. The fourth-order valence-electron chi connectivity index (χ4n) is 1.56. The van der Waals surface area contributed by atoms with Crippen LogP contribution in [0.4, 0.5) is 0 Å². The third-order valence-corrected chi connectivity index (χ3v) is 5.00. The first-order valence-corrected chi connectivity index (χ1v) is 8.37. The molecule has 116 valence electrons. The quantitative estimate of drug-likeness (QED) is 0.769. The summed E-state index contributed by atoms with van der Waals surface area (Å²) in [7, 11) is -1.35. The van der Waals surface area contributed by atoms with E-state index in [0.717, 1.165) is 0 Å². The number of aromatic nitrogens is 2. The van der Waals surface area contributed by atoms with Crippen LogP contribution in [0.1, 0.15) is 26.3 Å². The van der Waals surface area contributed by atoms with Crippen molar-refractivity contribution >= 4 is 40.4 Å². The van der Waals surface area contributed by atoms with E-state index in [9.17, 15) is 4.21 Å². The van der Waals surface area contributed by atoms with E-state index in [4.69, 9.17) is 23.2 Å². The third kappa shape index (κ3) is 3.91. The molecule has 7 heteroatoms. The van der Waals surface area contributed by atoms with Gasteiger partial charge in [-0.2, -0.15) is 4.40 Å². The van der Waals surface area contributed by atoms with Crippen LogP contribution in [0.5, 0.6) is 0 Å². The molecule has 4 nitrogen and oxygen atoms in total. The van der Waals surface area contributed by atoms with E-state index in [2.05, 4.69) is 14.4 Å². The lowest BCUT2D eigenvalue weighted by molar-refractivity contribution is 0.651. The predicted molar refractivity (Wildman–Crippen MR) is 93.0 cm³/mol. The summed E-state index contributed by atoms with van der Waals surface area (Å²) in [6, 6.07) is 3.56. The number of rotatable bonds is 3. The minimum Gasteiger partial charge on any atom is -0.261 e. The van der Waals surface area contributed by atoms with E-state index in [1.807, 2.05) is 20.8 Å². The second-order valence-electron chi connectivity index (χ2n) is 5.52. The van der Waals surface area contributed by atoms with Crippen molar-refractivity contribution in [2.24, 2.45) is 4.40 Å². The van der Waals surface area contributed by atoms with Gasteiger partial charge in [0.1, 0.15) is 11.0 Å². The van der Waals surface area contributed by atoms with Gasteiger partial charge in [-0.05, 0) is 20.8 Å². The van der Waals surface area contributed by atoms with Gasteiger partial charge in [0.25, 0.3) is 0 Å². The molecular formula is C15H15Cl2N3OS. The fraction of sp³-hybridized carbons (Fsp3) is 0.267. The molecule has 2 rings (SSSR count). The van der Waals surface area contributed by atoms with Crippen LogP contribution in [-0.4, -0.2) is 25.1 Å². The lowest BCUT2D eigenvalue weighted by Crippen LogP contribution is -2.19. The van der Waals surface area contributed by atoms with Crippen molar-refractivity contribution in [3.05, 3.63) is 46.3 Å². The minimum atomic E-state index is -1.35. The van der Waals surface area contributed by atoms with E-state index in [-0.39, 0.29) is 0 Å². The molecule has 0 amide bonds. The highest BCUT2D eigenvalue weighted by Gasteiger charge is 2.18. The predicted octanol–water partition coefficient (Wildman–Crippen LogP) is 4.33. The second-order valence-corrected chi connectivity index (χ2v) is 8.21. The molecule has 0 spiro atoms. The van der Waals surface area contributed by atoms with Crippen LogP contribution in [0.3, 0.4) is 0 Å². The zero-order valence-electron chi connectivity index (χ0n) is 12.4. The molecule has 1 aromatic carbocycles. The molecule has 0 aliphatic rings. The van der Waals surface area contributed by atoms with Crippen molar-refractivity contribution in [2.75, 3.05) is 0 Å². The lowest BCUT2D eigenvalue weighted by Gasteiger charge is -2.13. The normalized spacial score (nSPS) is 13.5. The highest BCUT2D eigenvalue weighted by atomic mass is 35.5. The topological polar surface area (TPSA) is 55.2 Å². The van der Waals surface area contributed by atoms with Crippen LogP contribution < -0.4 is 0 Å². The van der Waals surface area contributed by atoms with Gasteiger partial charge in [0.2, 0.25) is 0 Å². The van der Waals surface area contributed by atoms with Crippen LogP contribution in [0.2, 0.25) is 10.0 Å². The van der Waals surface area contributed by atoms with Gasteiger partial charge >= 0.3 is 0 Å². The highest BCUT2D eigenvalue weighted by Crippen LogP contribution is 2.34. The van der Waals surface area contributed by atoms with Gasteiger partial charge in [-0.1, -0.05) is 35.3 Å². The largest absolute Gasteiger partial charge is 0.261 e. The van der Waals surface area contributed by atoms with Gasteiger partial charge < -0.3 is 0 Å². The summed E-state index contributed by atoms with van der Waals surface area (Å²) < 4.78 is 15.6. The number of benzene rings is 1. The van der Waals surface area contributed by atoms with Gasteiger partial charge in [0.05, 0.1) is 26.7 Å². The van der Waals surface area contributed by atoms with Crippen LogP contribution in [-0.2, 0) is 11.0 Å². The Morgan fingerprint density at radius 3 is 2.50 bits per heavy atom. The van der Waals surface area contributed by atoms with Crippen molar-refractivity contribution < 1.29 is 4.21 Å². The van der Waals surface area contributed by atoms with Crippen LogP contribution in [0, 0.1) is 0 Å². The SMILES string of the molecule is CC(C)(C)S(=O)N=Cc1ccc(-c2cnccn2)c(Cl)c1Cl. The molecule has 0 saturated heterocycles. The molecule has 1 atom stereocenters. The number of hydrogen-bond acceptors (Lipinski definition) is 3. The summed E-state index contributed by atoms with van der Waals surface area (Å²) in [5.74, 6) is 0. The molecule has 1 unspecified atom stereocenters. The Bertz CT molecular complexity index is 728. The Morgan fingerprint density at radius 1 is 1.18 bits per heavy atom. The second kappa shape index (κ2) is 6.86. The Kier molecular flexibility index (Phi) is 5.32. The molecule has 0 aliphatic carbocycles. The first kappa shape index (κ1) is 17.1. The van der Waals surface area contributed by atoms with E-state index < -0.39 is 15.7 Å². The van der Waals surface area contributed by atoms with Crippen molar-refractivity contribution in [3.63, 3.8) is 0 Å². The van der Waals surface area contributed by atoms with Gasteiger partial charge in [-0.25, -0.2) is 4.21 Å². The molecule has 1 aromatic heterocycles. The van der Waals surface area contributed by atoms with Gasteiger partial charge in [0.15, 0.2) is 0 Å². The lowest BCUT2D eigenvalue weighted by atomic mass is 10.1. The summed E-state index contributed by atoms with van der Waals surface area (Å²) in [5, 5.41) is 0.715. The Morgan fingerprint density at radius 2 is 1.91 bits per heavy atom. The molecule has 0 bridgehead atoms. The molecule has 2 aromatic rings. The van der Waals surface area contributed by atoms with E-state index in [1.54, 1.807) is 30.7 Å². The fourth-order valence-corrected chi connectivity index (χ4v) is 2.57. The molecular weight excluding hydrogens is 341 g/mol. The van der Waals surface area contributed by atoms with Gasteiger partial charge in [0, 0.05) is 29.7 Å². The number of nitrogens with zero attached hydrogens (tertiary/aromatic N) is 3. The molecule has 1 heterocycles. The molecule has 0 fully saturated rings. The Hall–Kier alpha value is -1.30. The first-order valence-electron chi connectivity index (χ1n) is 6.51. The van der Waals surface area contributed by atoms with Crippen molar-refractivity contribution in [3.8, 4) is 11.3 Å². The maximum atomic E-state index is 11.9. The first-order chi connectivity index (χ1) is 10.3. The van der Waals surface area contributed by atoms with E-state index in [1.165, 1.54) is 6.21 Å². The zero-order chi connectivity index (χ0) is 16.3. The van der Waals surface area contributed by atoms with Gasteiger partial charge in [-0.15, -0.1) is 0 Å². The molecule has 0 radical (unpaired) electrons. The maximum Gasteiger partial charge on any atom is 0.144 e. The average molecular weight is 356 g/mol. The maximum absolute atomic E-state index is 11.9. The Balaban J connectivity index is 2.36. The van der Waals surface area contributed by atoms with Crippen molar-refractivity contribution in [2.45, 2.75) is 25.5 Å². The van der Waals surface area contributed by atoms with Crippen molar-refractivity contribution in [1.29, 1.82) is 0 Å². The summed E-state index contributed by atoms with van der Waals surface area (Å²) >= 11 is 12.6. The van der Waals surface area contributed by atoms with Crippen LogP contribution in [0.25, 0.3) is 11.3 Å². The molecule has 0 N–H and O–H groups in total. The average Bonchev–Trinajstić information content (AvgIpc) is 2.48. The number of hydrogen-bond donors (Lipinski definition) is 0. The monoisotopic (exact) mass is 355 g/mol. The standard InChI is InChI=1S/C15H15Cl2N3OS/c1-15(2,3)22(21)20-8-10-4-5-11(14(17)13(10)16)12-9-18-6-7-19-12/h4-9H,1-3H3. The van der Waals surface area contributed by atoms with Crippen molar-refractivity contribution in [1.82, 2.24) is 9.97 Å². The smallest absolute Gasteiger partial charge is 0.144 e. The molecule has 0 aliphatic heterocycles. The third-order valence-electron chi connectivity index (χ3n) is 2.76. The summed E-state index contributed by atoms with van der Waals surface area (Å²) in [6.07, 6.45) is 6.26. The molecule has 0 saturated carbocycles. The van der Waals surface area contributed by atoms with E-state index >= 15 is 0 Å². The summed E-state index contributed by atoms with van der Waals surface area (Å²) in [5.41, 5.74) is 1.93. The van der Waals surface area contributed by atoms with Crippen LogP contribution in [0.15, 0.2) is 35.1 Å². The van der Waals surface area contributed by atoms with Crippen LogP contribution >= 0.6 is 23.2 Å². The zero-order valence-corrected chi connectivity index (χ0v) is 14.7. The molecule has 22 heavy (non-hydrogen) atoms.